The molecule has 4 rings (SSSR count). The molecule has 0 bridgehead atoms. The van der Waals surface area contributed by atoms with E-state index in [4.69, 9.17) is 10.5 Å². The van der Waals surface area contributed by atoms with Crippen LogP contribution in [0, 0.1) is 0 Å². The number of nitrogens with one attached hydrogen (secondary N) is 1. The van der Waals surface area contributed by atoms with Crippen molar-refractivity contribution >= 4 is 28.8 Å². The van der Waals surface area contributed by atoms with E-state index in [1.54, 1.807) is 0 Å². The first kappa shape index (κ1) is 14.3. The second-order valence-electron chi connectivity index (χ2n) is 5.46. The van der Waals surface area contributed by atoms with Gasteiger partial charge in [0.15, 0.2) is 5.82 Å². The van der Waals surface area contributed by atoms with Gasteiger partial charge < -0.3 is 15.5 Å². The van der Waals surface area contributed by atoms with Gasteiger partial charge in [0.05, 0.1) is 11.0 Å². The first-order valence-electron chi connectivity index (χ1n) is 7.69. The summed E-state index contributed by atoms with van der Waals surface area (Å²) in [5.74, 6) is 0.681. The summed E-state index contributed by atoms with van der Waals surface area (Å²) in [5.41, 5.74) is 9.46. The number of amidine groups is 1. The van der Waals surface area contributed by atoms with Crippen LogP contribution in [-0.2, 0) is 4.74 Å². The van der Waals surface area contributed by atoms with Crippen molar-refractivity contribution in [2.24, 2.45) is 10.7 Å². The molecule has 0 saturated heterocycles. The molecule has 1 aromatic heterocycles. The summed E-state index contributed by atoms with van der Waals surface area (Å²) in [5, 5.41) is 0. The minimum Gasteiger partial charge on any atom is -0.453 e. The normalized spacial score (nSPS) is 17.6. The van der Waals surface area contributed by atoms with Crippen LogP contribution in [-0.4, -0.2) is 22.1 Å². The summed E-state index contributed by atoms with van der Waals surface area (Å²) >= 11 is 0. The van der Waals surface area contributed by atoms with Crippen molar-refractivity contribution in [2.45, 2.75) is 6.10 Å². The lowest BCUT2D eigenvalue weighted by Crippen LogP contribution is -2.25. The van der Waals surface area contributed by atoms with Crippen LogP contribution in [0.4, 0.5) is 0 Å². The fraction of sp³-hybridized carbons (Fsp3) is 0.0526. The Kier molecular flexibility index (Phi) is 3.59. The smallest absolute Gasteiger partial charge is 0.288 e. The molecule has 0 spiro atoms. The molecule has 1 aliphatic rings. The zero-order chi connectivity index (χ0) is 16.4. The van der Waals surface area contributed by atoms with Crippen LogP contribution in [0.5, 0.6) is 0 Å². The number of aliphatic imine (C=N–C) groups is 1. The van der Waals surface area contributed by atoms with Gasteiger partial charge in [0, 0.05) is 0 Å². The average molecular weight is 316 g/mol. The van der Waals surface area contributed by atoms with Gasteiger partial charge in [-0.3, -0.25) is 0 Å². The van der Waals surface area contributed by atoms with E-state index in [0.29, 0.717) is 11.5 Å². The molecule has 5 heteroatoms. The SMILES string of the molecule is NC1=NC(c2nc3ccccc3[nH]2)=CC(/C=C/c2ccccc2)O1. The Bertz CT molecular complexity index is 921. The van der Waals surface area contributed by atoms with Gasteiger partial charge in [-0.25, -0.2) is 4.98 Å². The molecule has 5 nitrogen and oxygen atoms in total. The van der Waals surface area contributed by atoms with Crippen molar-refractivity contribution in [1.29, 1.82) is 0 Å². The van der Waals surface area contributed by atoms with Crippen LogP contribution in [0.25, 0.3) is 22.8 Å². The van der Waals surface area contributed by atoms with Crippen molar-refractivity contribution in [2.75, 3.05) is 0 Å². The van der Waals surface area contributed by atoms with Crippen LogP contribution in [0.3, 0.4) is 0 Å². The van der Waals surface area contributed by atoms with Gasteiger partial charge in [-0.1, -0.05) is 48.5 Å². The molecule has 1 unspecified atom stereocenters. The van der Waals surface area contributed by atoms with E-state index in [9.17, 15) is 0 Å². The number of nitrogens with two attached hydrogens (primary N) is 1. The number of rotatable bonds is 3. The summed E-state index contributed by atoms with van der Waals surface area (Å²) in [6.45, 7) is 0. The van der Waals surface area contributed by atoms with Gasteiger partial charge in [0.1, 0.15) is 11.8 Å². The number of nitrogens with zero attached hydrogens (tertiary/aromatic N) is 2. The van der Waals surface area contributed by atoms with Gasteiger partial charge in [0.25, 0.3) is 6.02 Å². The van der Waals surface area contributed by atoms with E-state index in [1.165, 1.54) is 0 Å². The van der Waals surface area contributed by atoms with E-state index < -0.39 is 0 Å². The molecule has 24 heavy (non-hydrogen) atoms. The molecular weight excluding hydrogens is 300 g/mol. The molecule has 3 aromatic rings. The Labute approximate surface area is 139 Å². The highest BCUT2D eigenvalue weighted by atomic mass is 16.5. The van der Waals surface area contributed by atoms with E-state index in [1.807, 2.05) is 72.8 Å². The minimum atomic E-state index is -0.286. The number of para-hydroxylation sites is 2. The van der Waals surface area contributed by atoms with Gasteiger partial charge in [-0.05, 0) is 29.8 Å². The predicted octanol–water partition coefficient (Wildman–Crippen LogP) is 3.33. The predicted molar refractivity (Wildman–Crippen MR) is 96.0 cm³/mol. The Balaban J connectivity index is 1.64. The number of ether oxygens (including phenoxy) is 1. The third kappa shape index (κ3) is 2.92. The van der Waals surface area contributed by atoms with Crippen molar-refractivity contribution in [3.05, 3.63) is 78.1 Å². The number of aromatic nitrogens is 2. The molecule has 0 fully saturated rings. The molecule has 2 heterocycles. The standard InChI is InChI=1S/C19H16N4O/c20-19-23-17(18-21-15-8-4-5-9-16(15)22-18)12-14(24-19)11-10-13-6-2-1-3-7-13/h1-12,14H,(H2,20,23)(H,21,22)/b11-10+. The highest BCUT2D eigenvalue weighted by Crippen LogP contribution is 2.22. The number of hydrogen-bond acceptors (Lipinski definition) is 4. The maximum Gasteiger partial charge on any atom is 0.288 e. The van der Waals surface area contributed by atoms with E-state index in [-0.39, 0.29) is 12.1 Å². The average Bonchev–Trinajstić information content (AvgIpc) is 3.05. The van der Waals surface area contributed by atoms with Crippen LogP contribution in [0.1, 0.15) is 11.4 Å². The number of fused-ring (bicyclic) bond motifs is 1. The van der Waals surface area contributed by atoms with Crippen molar-refractivity contribution in [1.82, 2.24) is 9.97 Å². The molecule has 0 aliphatic carbocycles. The second kappa shape index (κ2) is 6.04. The minimum absolute atomic E-state index is 0.135. The zero-order valence-corrected chi connectivity index (χ0v) is 12.9. The summed E-state index contributed by atoms with van der Waals surface area (Å²) in [4.78, 5) is 12.1. The first-order valence-corrected chi connectivity index (χ1v) is 7.69. The first-order chi connectivity index (χ1) is 11.8. The quantitative estimate of drug-likeness (QED) is 0.778. The monoisotopic (exact) mass is 316 g/mol. The second-order valence-corrected chi connectivity index (χ2v) is 5.46. The molecule has 0 amide bonds. The van der Waals surface area contributed by atoms with Crippen LogP contribution in [0.2, 0.25) is 0 Å². The van der Waals surface area contributed by atoms with Crippen molar-refractivity contribution in [3.8, 4) is 0 Å². The lowest BCUT2D eigenvalue weighted by molar-refractivity contribution is 0.274. The van der Waals surface area contributed by atoms with E-state index in [2.05, 4.69) is 15.0 Å². The third-order valence-corrected chi connectivity index (χ3v) is 3.72. The van der Waals surface area contributed by atoms with Gasteiger partial charge >= 0.3 is 0 Å². The number of imidazole rings is 1. The summed E-state index contributed by atoms with van der Waals surface area (Å²) in [6, 6.07) is 18.0. The van der Waals surface area contributed by atoms with Gasteiger partial charge in [0.2, 0.25) is 0 Å². The van der Waals surface area contributed by atoms with E-state index >= 15 is 0 Å². The third-order valence-electron chi connectivity index (χ3n) is 3.72. The van der Waals surface area contributed by atoms with Crippen LogP contribution < -0.4 is 5.73 Å². The number of hydrogen-bond donors (Lipinski definition) is 2. The van der Waals surface area contributed by atoms with Crippen molar-refractivity contribution in [3.63, 3.8) is 0 Å². The Morgan fingerprint density at radius 3 is 2.67 bits per heavy atom. The van der Waals surface area contributed by atoms with Crippen LogP contribution in [0.15, 0.2) is 71.7 Å². The summed E-state index contributed by atoms with van der Waals surface area (Å²) in [7, 11) is 0. The van der Waals surface area contributed by atoms with E-state index in [0.717, 1.165) is 16.6 Å². The molecular formula is C19H16N4O. The van der Waals surface area contributed by atoms with Crippen LogP contribution >= 0.6 is 0 Å². The Morgan fingerprint density at radius 1 is 1.04 bits per heavy atom. The lowest BCUT2D eigenvalue weighted by atomic mass is 10.1. The topological polar surface area (TPSA) is 76.3 Å². The molecule has 118 valence electrons. The largest absolute Gasteiger partial charge is 0.453 e. The Hall–Kier alpha value is -3.34. The molecule has 1 aliphatic heterocycles. The number of aromatic amines is 1. The highest BCUT2D eigenvalue weighted by Gasteiger charge is 2.17. The lowest BCUT2D eigenvalue weighted by Gasteiger charge is -2.16. The van der Waals surface area contributed by atoms with Crippen molar-refractivity contribution < 1.29 is 4.74 Å². The highest BCUT2D eigenvalue weighted by molar-refractivity contribution is 5.85. The molecule has 0 saturated carbocycles. The number of H-pyrrole nitrogens is 1. The fourth-order valence-electron chi connectivity index (χ4n) is 2.58. The maximum absolute atomic E-state index is 5.83. The van der Waals surface area contributed by atoms with Gasteiger partial charge in [-0.2, -0.15) is 4.99 Å². The Morgan fingerprint density at radius 2 is 1.83 bits per heavy atom. The summed E-state index contributed by atoms with van der Waals surface area (Å²) < 4.78 is 5.56. The maximum atomic E-state index is 5.83. The molecule has 0 radical (unpaired) electrons. The van der Waals surface area contributed by atoms with Gasteiger partial charge in [-0.15, -0.1) is 0 Å². The molecule has 1 atom stereocenters. The fourth-order valence-corrected chi connectivity index (χ4v) is 2.58. The zero-order valence-electron chi connectivity index (χ0n) is 12.9. The summed E-state index contributed by atoms with van der Waals surface area (Å²) in [6.07, 6.45) is 5.55. The number of benzene rings is 2. The molecule has 3 N–H and O–H groups in total. The molecule has 2 aromatic carbocycles.